The van der Waals surface area contributed by atoms with Gasteiger partial charge in [0.2, 0.25) is 0 Å². The fourth-order valence-electron chi connectivity index (χ4n) is 2.91. The number of benzene rings is 1. The summed E-state index contributed by atoms with van der Waals surface area (Å²) in [6.07, 6.45) is 3.64. The summed E-state index contributed by atoms with van der Waals surface area (Å²) in [4.78, 5) is 2.46. The average molecular weight is 278 g/mol. The van der Waals surface area contributed by atoms with Gasteiger partial charge < -0.3 is 10.2 Å². The van der Waals surface area contributed by atoms with Crippen LogP contribution in [-0.4, -0.2) is 18.1 Å². The van der Waals surface area contributed by atoms with Gasteiger partial charge in [-0.05, 0) is 63.8 Å². The summed E-state index contributed by atoms with van der Waals surface area (Å²) in [6, 6.07) is 5.82. The van der Waals surface area contributed by atoms with Crippen LogP contribution in [0.5, 0.6) is 0 Å². The molecular formula is C17H27FN2. The highest BCUT2D eigenvalue weighted by Gasteiger charge is 2.25. The van der Waals surface area contributed by atoms with E-state index in [4.69, 9.17) is 0 Å². The summed E-state index contributed by atoms with van der Waals surface area (Å²) in [5.41, 5.74) is 2.31. The third-order valence-electron chi connectivity index (χ3n) is 4.01. The molecule has 3 heteroatoms. The van der Waals surface area contributed by atoms with Gasteiger partial charge in [0.15, 0.2) is 0 Å². The van der Waals surface area contributed by atoms with Gasteiger partial charge >= 0.3 is 0 Å². The van der Waals surface area contributed by atoms with Gasteiger partial charge in [-0.25, -0.2) is 4.39 Å². The predicted octanol–water partition coefficient (Wildman–Crippen LogP) is 4.09. The number of hydrogen-bond donors (Lipinski definition) is 1. The summed E-state index contributed by atoms with van der Waals surface area (Å²) in [5.74, 6) is -0.147. The summed E-state index contributed by atoms with van der Waals surface area (Å²) in [5, 5.41) is 3.47. The van der Waals surface area contributed by atoms with Crippen LogP contribution in [0.15, 0.2) is 18.2 Å². The molecule has 0 spiro atoms. The first-order valence-electron chi connectivity index (χ1n) is 7.71. The number of nitrogens with zero attached hydrogens (tertiary/aromatic N) is 1. The standard InChI is InChI=1S/C17H27FN2/c1-5-15-7-6-10-20(15)16-9-8-14(18)11-13(16)12-19-17(2,3)4/h8-9,11,15,19H,5-7,10,12H2,1-4H3. The molecule has 1 unspecified atom stereocenters. The van der Waals surface area contributed by atoms with Crippen molar-refractivity contribution in [2.45, 2.75) is 65.1 Å². The molecule has 0 radical (unpaired) electrons. The van der Waals surface area contributed by atoms with Gasteiger partial charge in [0.1, 0.15) is 5.82 Å². The third-order valence-corrected chi connectivity index (χ3v) is 4.01. The molecule has 1 heterocycles. The maximum Gasteiger partial charge on any atom is 0.123 e. The first kappa shape index (κ1) is 15.3. The van der Waals surface area contributed by atoms with Crippen molar-refractivity contribution in [2.75, 3.05) is 11.4 Å². The molecule has 1 aromatic rings. The topological polar surface area (TPSA) is 15.3 Å². The lowest BCUT2D eigenvalue weighted by molar-refractivity contribution is 0.423. The Balaban J connectivity index is 2.23. The van der Waals surface area contributed by atoms with Crippen molar-refractivity contribution in [1.29, 1.82) is 0 Å². The van der Waals surface area contributed by atoms with Crippen molar-refractivity contribution in [3.63, 3.8) is 0 Å². The Kier molecular flexibility index (Phi) is 4.69. The second-order valence-corrected chi connectivity index (χ2v) is 6.77. The van der Waals surface area contributed by atoms with Crippen LogP contribution < -0.4 is 10.2 Å². The van der Waals surface area contributed by atoms with Crippen molar-refractivity contribution in [3.8, 4) is 0 Å². The van der Waals surface area contributed by atoms with Gasteiger partial charge in [-0.1, -0.05) is 6.92 Å². The summed E-state index contributed by atoms with van der Waals surface area (Å²) in [7, 11) is 0. The van der Waals surface area contributed by atoms with E-state index >= 15 is 0 Å². The molecule has 0 aromatic heterocycles. The Morgan fingerprint density at radius 1 is 1.35 bits per heavy atom. The zero-order chi connectivity index (χ0) is 14.8. The fourth-order valence-corrected chi connectivity index (χ4v) is 2.91. The quantitative estimate of drug-likeness (QED) is 0.892. The lowest BCUT2D eigenvalue weighted by Crippen LogP contribution is -2.36. The van der Waals surface area contributed by atoms with Gasteiger partial charge in [0.05, 0.1) is 0 Å². The van der Waals surface area contributed by atoms with Crippen LogP contribution in [0.3, 0.4) is 0 Å². The van der Waals surface area contributed by atoms with Crippen LogP contribution in [0, 0.1) is 5.82 Å². The van der Waals surface area contributed by atoms with Crippen molar-refractivity contribution in [1.82, 2.24) is 5.32 Å². The zero-order valence-corrected chi connectivity index (χ0v) is 13.2. The molecule has 20 heavy (non-hydrogen) atoms. The maximum atomic E-state index is 13.6. The molecule has 0 saturated carbocycles. The number of nitrogens with one attached hydrogen (secondary N) is 1. The molecule has 0 aliphatic carbocycles. The molecule has 2 nitrogen and oxygen atoms in total. The van der Waals surface area contributed by atoms with Gasteiger partial charge in [0, 0.05) is 30.4 Å². The van der Waals surface area contributed by atoms with E-state index in [1.165, 1.54) is 18.5 Å². The highest BCUT2D eigenvalue weighted by molar-refractivity contribution is 5.55. The molecular weight excluding hydrogens is 251 g/mol. The Bertz CT molecular complexity index is 451. The minimum atomic E-state index is -0.147. The van der Waals surface area contributed by atoms with Gasteiger partial charge in [0.25, 0.3) is 0 Å². The first-order valence-corrected chi connectivity index (χ1v) is 7.71. The Morgan fingerprint density at radius 2 is 2.10 bits per heavy atom. The number of anilines is 1. The third kappa shape index (κ3) is 3.72. The molecule has 1 aliphatic rings. The first-order chi connectivity index (χ1) is 9.40. The zero-order valence-electron chi connectivity index (χ0n) is 13.2. The molecule has 0 bridgehead atoms. The number of halogens is 1. The SMILES string of the molecule is CCC1CCCN1c1ccc(F)cc1CNC(C)(C)C. The van der Waals surface area contributed by atoms with Gasteiger partial charge in [-0.2, -0.15) is 0 Å². The van der Waals surface area contributed by atoms with Crippen LogP contribution in [0.1, 0.15) is 52.5 Å². The molecule has 1 fully saturated rings. The lowest BCUT2D eigenvalue weighted by Gasteiger charge is -2.29. The van der Waals surface area contributed by atoms with E-state index in [1.54, 1.807) is 12.1 Å². The molecule has 112 valence electrons. The average Bonchev–Trinajstić information content (AvgIpc) is 2.83. The van der Waals surface area contributed by atoms with Crippen molar-refractivity contribution < 1.29 is 4.39 Å². The maximum absolute atomic E-state index is 13.6. The summed E-state index contributed by atoms with van der Waals surface area (Å²) < 4.78 is 13.6. The smallest absolute Gasteiger partial charge is 0.123 e. The number of rotatable bonds is 4. The minimum Gasteiger partial charge on any atom is -0.368 e. The molecule has 1 aromatic carbocycles. The van der Waals surface area contributed by atoms with E-state index in [1.807, 2.05) is 6.07 Å². The summed E-state index contributed by atoms with van der Waals surface area (Å²) in [6.45, 7) is 10.4. The normalized spacial score (nSPS) is 19.6. The molecule has 1 saturated heterocycles. The molecule has 2 rings (SSSR count). The van der Waals surface area contributed by atoms with Crippen LogP contribution in [0.4, 0.5) is 10.1 Å². The molecule has 0 amide bonds. The highest BCUT2D eigenvalue weighted by Crippen LogP contribution is 2.30. The van der Waals surface area contributed by atoms with Crippen LogP contribution in [0.2, 0.25) is 0 Å². The van der Waals surface area contributed by atoms with Crippen molar-refractivity contribution >= 4 is 5.69 Å². The van der Waals surface area contributed by atoms with Crippen LogP contribution in [0.25, 0.3) is 0 Å². The van der Waals surface area contributed by atoms with E-state index < -0.39 is 0 Å². The second kappa shape index (κ2) is 6.13. The highest BCUT2D eigenvalue weighted by atomic mass is 19.1. The van der Waals surface area contributed by atoms with E-state index in [2.05, 4.69) is 37.9 Å². The van der Waals surface area contributed by atoms with Crippen LogP contribution in [-0.2, 0) is 6.54 Å². The van der Waals surface area contributed by atoms with Gasteiger partial charge in [-0.15, -0.1) is 0 Å². The van der Waals surface area contributed by atoms with E-state index in [0.29, 0.717) is 12.6 Å². The van der Waals surface area contributed by atoms with Gasteiger partial charge in [-0.3, -0.25) is 0 Å². The van der Waals surface area contributed by atoms with Crippen molar-refractivity contribution in [3.05, 3.63) is 29.6 Å². The molecule has 1 atom stereocenters. The second-order valence-electron chi connectivity index (χ2n) is 6.77. The monoisotopic (exact) mass is 278 g/mol. The fraction of sp³-hybridized carbons (Fsp3) is 0.647. The Labute approximate surface area is 122 Å². The van der Waals surface area contributed by atoms with Crippen LogP contribution >= 0.6 is 0 Å². The lowest BCUT2D eigenvalue weighted by atomic mass is 10.1. The van der Waals surface area contributed by atoms with E-state index in [-0.39, 0.29) is 11.4 Å². The van der Waals surface area contributed by atoms with E-state index in [9.17, 15) is 4.39 Å². The molecule has 1 aliphatic heterocycles. The predicted molar refractivity (Wildman–Crippen MR) is 83.7 cm³/mol. The van der Waals surface area contributed by atoms with Crippen molar-refractivity contribution in [2.24, 2.45) is 0 Å². The number of hydrogen-bond acceptors (Lipinski definition) is 2. The molecule has 1 N–H and O–H groups in total. The Morgan fingerprint density at radius 3 is 2.75 bits per heavy atom. The van der Waals surface area contributed by atoms with E-state index in [0.717, 1.165) is 18.5 Å². The summed E-state index contributed by atoms with van der Waals surface area (Å²) >= 11 is 0. The Hall–Kier alpha value is -1.09. The largest absolute Gasteiger partial charge is 0.368 e. The minimum absolute atomic E-state index is 0.0404.